The van der Waals surface area contributed by atoms with E-state index < -0.39 is 21.6 Å². The molecule has 1 unspecified atom stereocenters. The van der Waals surface area contributed by atoms with Gasteiger partial charge in [0.05, 0.1) is 39.9 Å². The zero-order chi connectivity index (χ0) is 21.9. The van der Waals surface area contributed by atoms with E-state index in [9.17, 15) is 17.6 Å². The molecule has 5 rings (SSSR count). The number of rotatable bonds is 4. The summed E-state index contributed by atoms with van der Waals surface area (Å²) in [6.07, 6.45) is 2.47. The number of aromatic nitrogens is 3. The van der Waals surface area contributed by atoms with Crippen molar-refractivity contribution in [1.29, 1.82) is 0 Å². The van der Waals surface area contributed by atoms with Crippen molar-refractivity contribution in [3.05, 3.63) is 52.6 Å². The first kappa shape index (κ1) is 20.1. The number of carbonyl (C=O) groups is 1. The Balaban J connectivity index is 1.62. The number of hydrogen-bond acceptors (Lipinski definition) is 5. The number of benzene rings is 1. The van der Waals surface area contributed by atoms with Crippen LogP contribution < -0.4 is 5.32 Å². The minimum absolute atomic E-state index is 0.0224. The maximum absolute atomic E-state index is 14.2. The predicted octanol–water partition coefficient (Wildman–Crippen LogP) is 3.68. The van der Waals surface area contributed by atoms with Crippen molar-refractivity contribution >= 4 is 32.5 Å². The number of aryl methyl sites for hydroxylation is 2. The van der Waals surface area contributed by atoms with Crippen molar-refractivity contribution in [3.8, 4) is 0 Å². The molecule has 1 aromatic carbocycles. The monoisotopic (exact) mass is 442 g/mol. The van der Waals surface area contributed by atoms with E-state index in [1.165, 1.54) is 6.07 Å². The molecule has 1 N–H and O–H groups in total. The standard InChI is InChI=1S/C22H23FN4O3S/c1-12-3-6-17(23)19(9-12)25-22(28)16-10-18(14-4-5-14)24-21-20(16)13(2)26-27(21)15-7-8-31(29,30)11-15/h3,6,9-10,14-15H,4-5,7-8,11H2,1-2H3,(H,25,28). The van der Waals surface area contributed by atoms with Gasteiger partial charge in [0.25, 0.3) is 5.91 Å². The van der Waals surface area contributed by atoms with Gasteiger partial charge in [-0.15, -0.1) is 0 Å². The zero-order valence-corrected chi connectivity index (χ0v) is 18.2. The lowest BCUT2D eigenvalue weighted by molar-refractivity contribution is 0.102. The summed E-state index contributed by atoms with van der Waals surface area (Å²) in [7, 11) is -3.10. The van der Waals surface area contributed by atoms with Crippen LogP contribution >= 0.6 is 0 Å². The Morgan fingerprint density at radius 3 is 2.65 bits per heavy atom. The number of hydrogen-bond donors (Lipinski definition) is 1. The fourth-order valence-electron chi connectivity index (χ4n) is 4.25. The maximum atomic E-state index is 14.2. The highest BCUT2D eigenvalue weighted by Crippen LogP contribution is 2.41. The zero-order valence-electron chi connectivity index (χ0n) is 17.4. The molecule has 162 valence electrons. The molecule has 1 saturated heterocycles. The lowest BCUT2D eigenvalue weighted by Gasteiger charge is -2.12. The number of halogens is 1. The molecule has 2 fully saturated rings. The highest BCUT2D eigenvalue weighted by molar-refractivity contribution is 7.91. The molecule has 1 aliphatic carbocycles. The van der Waals surface area contributed by atoms with Gasteiger partial charge < -0.3 is 5.32 Å². The molecule has 1 atom stereocenters. The van der Waals surface area contributed by atoms with Crippen LogP contribution in [0.3, 0.4) is 0 Å². The van der Waals surface area contributed by atoms with Gasteiger partial charge in [0.15, 0.2) is 15.5 Å². The molecular formula is C22H23FN4O3S. The van der Waals surface area contributed by atoms with E-state index in [0.29, 0.717) is 28.7 Å². The molecule has 1 saturated carbocycles. The van der Waals surface area contributed by atoms with Crippen LogP contribution in [0.2, 0.25) is 0 Å². The number of carbonyl (C=O) groups excluding carboxylic acids is 1. The van der Waals surface area contributed by atoms with Crippen molar-refractivity contribution < 1.29 is 17.6 Å². The van der Waals surface area contributed by atoms with Crippen LogP contribution in [0.25, 0.3) is 11.0 Å². The summed E-state index contributed by atoms with van der Waals surface area (Å²) < 4.78 is 39.9. The van der Waals surface area contributed by atoms with E-state index in [1.54, 1.807) is 29.8 Å². The molecule has 9 heteroatoms. The number of anilines is 1. The SMILES string of the molecule is Cc1ccc(F)c(NC(=O)c2cc(C3CC3)nc3c2c(C)nn3C2CCS(=O)(=O)C2)c1. The molecule has 0 radical (unpaired) electrons. The smallest absolute Gasteiger partial charge is 0.256 e. The summed E-state index contributed by atoms with van der Waals surface area (Å²) in [5, 5.41) is 7.85. The minimum atomic E-state index is -3.10. The molecule has 3 heterocycles. The van der Waals surface area contributed by atoms with Crippen LogP contribution in [-0.4, -0.2) is 40.6 Å². The lowest BCUT2D eigenvalue weighted by atomic mass is 10.1. The molecule has 0 spiro atoms. The molecule has 1 aliphatic heterocycles. The molecule has 3 aromatic rings. The molecule has 1 amide bonds. The summed E-state index contributed by atoms with van der Waals surface area (Å²) >= 11 is 0. The number of sulfone groups is 1. The summed E-state index contributed by atoms with van der Waals surface area (Å²) in [6, 6.07) is 6.03. The second-order valence-corrected chi connectivity index (χ2v) is 10.8. The molecule has 0 bridgehead atoms. The molecule has 2 aliphatic rings. The van der Waals surface area contributed by atoms with Gasteiger partial charge in [0.1, 0.15) is 5.82 Å². The molecule has 7 nitrogen and oxygen atoms in total. The van der Waals surface area contributed by atoms with Crippen LogP contribution in [0, 0.1) is 19.7 Å². The van der Waals surface area contributed by atoms with Crippen molar-refractivity contribution in [2.45, 2.75) is 45.1 Å². The summed E-state index contributed by atoms with van der Waals surface area (Å²) in [6.45, 7) is 3.61. The average Bonchev–Trinajstić information content (AvgIpc) is 3.43. The van der Waals surface area contributed by atoms with E-state index in [1.807, 2.05) is 6.92 Å². The van der Waals surface area contributed by atoms with Crippen molar-refractivity contribution in [3.63, 3.8) is 0 Å². The van der Waals surface area contributed by atoms with E-state index in [0.717, 1.165) is 24.1 Å². The third-order valence-corrected chi connectivity index (χ3v) is 7.77. The second kappa shape index (κ2) is 7.12. The summed E-state index contributed by atoms with van der Waals surface area (Å²) in [5.41, 5.74) is 3.27. The first-order valence-electron chi connectivity index (χ1n) is 10.4. The van der Waals surface area contributed by atoms with Gasteiger partial charge in [-0.05, 0) is 56.9 Å². The molecular weight excluding hydrogens is 419 g/mol. The van der Waals surface area contributed by atoms with Gasteiger partial charge >= 0.3 is 0 Å². The topological polar surface area (TPSA) is 93.9 Å². The predicted molar refractivity (Wildman–Crippen MR) is 116 cm³/mol. The van der Waals surface area contributed by atoms with Crippen LogP contribution in [0.15, 0.2) is 24.3 Å². The van der Waals surface area contributed by atoms with E-state index >= 15 is 0 Å². The Morgan fingerprint density at radius 2 is 1.97 bits per heavy atom. The molecule has 2 aromatic heterocycles. The third kappa shape index (κ3) is 3.71. The van der Waals surface area contributed by atoms with Gasteiger partial charge in [-0.1, -0.05) is 6.07 Å². The third-order valence-electron chi connectivity index (χ3n) is 6.02. The highest BCUT2D eigenvalue weighted by atomic mass is 32.2. The number of fused-ring (bicyclic) bond motifs is 1. The first-order chi connectivity index (χ1) is 14.7. The fourth-order valence-corrected chi connectivity index (χ4v) is 5.94. The van der Waals surface area contributed by atoms with Gasteiger partial charge in [-0.3, -0.25) is 4.79 Å². The summed E-state index contributed by atoms with van der Waals surface area (Å²) in [5.74, 6) is -0.507. The Hall–Kier alpha value is -2.81. The van der Waals surface area contributed by atoms with Gasteiger partial charge in [0, 0.05) is 11.6 Å². The van der Waals surface area contributed by atoms with Crippen molar-refractivity contribution in [1.82, 2.24) is 14.8 Å². The Labute approximate surface area is 179 Å². The highest BCUT2D eigenvalue weighted by Gasteiger charge is 2.34. The maximum Gasteiger partial charge on any atom is 0.256 e. The Kier molecular flexibility index (Phi) is 4.62. The van der Waals surface area contributed by atoms with Gasteiger partial charge in [0.2, 0.25) is 0 Å². The van der Waals surface area contributed by atoms with Gasteiger partial charge in [-0.25, -0.2) is 22.5 Å². The van der Waals surface area contributed by atoms with Crippen molar-refractivity contribution in [2.75, 3.05) is 16.8 Å². The second-order valence-electron chi connectivity index (χ2n) is 8.59. The Bertz CT molecular complexity index is 1330. The quantitative estimate of drug-likeness (QED) is 0.665. The number of nitrogens with one attached hydrogen (secondary N) is 1. The van der Waals surface area contributed by atoms with Crippen LogP contribution in [-0.2, 0) is 9.84 Å². The van der Waals surface area contributed by atoms with E-state index in [2.05, 4.69) is 10.4 Å². The number of nitrogens with zero attached hydrogens (tertiary/aromatic N) is 3. The van der Waals surface area contributed by atoms with Crippen LogP contribution in [0.4, 0.5) is 10.1 Å². The summed E-state index contributed by atoms with van der Waals surface area (Å²) in [4.78, 5) is 18.0. The van der Waals surface area contributed by atoms with E-state index in [4.69, 9.17) is 4.98 Å². The van der Waals surface area contributed by atoms with Crippen LogP contribution in [0.1, 0.15) is 58.5 Å². The van der Waals surface area contributed by atoms with Crippen molar-refractivity contribution in [2.24, 2.45) is 0 Å². The first-order valence-corrected chi connectivity index (χ1v) is 12.2. The van der Waals surface area contributed by atoms with Crippen LogP contribution in [0.5, 0.6) is 0 Å². The van der Waals surface area contributed by atoms with E-state index in [-0.39, 0.29) is 29.2 Å². The normalized spacial score (nSPS) is 20.3. The number of amides is 1. The largest absolute Gasteiger partial charge is 0.319 e. The molecule has 31 heavy (non-hydrogen) atoms. The average molecular weight is 443 g/mol. The van der Waals surface area contributed by atoms with Gasteiger partial charge in [-0.2, -0.15) is 5.10 Å². The minimum Gasteiger partial charge on any atom is -0.319 e. The Morgan fingerprint density at radius 1 is 1.19 bits per heavy atom. The fraction of sp³-hybridized carbons (Fsp3) is 0.409. The lowest BCUT2D eigenvalue weighted by Crippen LogP contribution is -2.16. The number of pyridine rings is 1.